The van der Waals surface area contributed by atoms with Gasteiger partial charge in [-0.05, 0) is 44.3 Å². The Labute approximate surface area is 258 Å². The van der Waals surface area contributed by atoms with Crippen molar-refractivity contribution >= 4 is 11.8 Å². The third-order valence-electron chi connectivity index (χ3n) is 9.31. The summed E-state index contributed by atoms with van der Waals surface area (Å²) in [5.41, 5.74) is 0. The smallest absolute Gasteiger partial charge is 0.0576 e. The van der Waals surface area contributed by atoms with Crippen LogP contribution in [0.1, 0.15) is 219 Å². The zero-order valence-electron chi connectivity index (χ0n) is 28.0. The van der Waals surface area contributed by atoms with Gasteiger partial charge in [-0.15, -0.1) is 0 Å². The quantitative estimate of drug-likeness (QED) is 0.0714. The zero-order chi connectivity index (χ0) is 28.6. The van der Waals surface area contributed by atoms with Gasteiger partial charge in [0.05, 0.1) is 6.10 Å². The number of unbranched alkanes of at least 4 members (excludes halogenated alkanes) is 24. The lowest BCUT2D eigenvalue weighted by Gasteiger charge is -2.17. The van der Waals surface area contributed by atoms with Crippen LogP contribution < -0.4 is 0 Å². The van der Waals surface area contributed by atoms with Gasteiger partial charge in [-0.2, -0.15) is 11.8 Å². The monoisotopic (exact) mass is 581 g/mol. The average Bonchev–Trinajstić information content (AvgIpc) is 3.49. The first kappa shape index (κ1) is 38.3. The lowest BCUT2D eigenvalue weighted by Crippen LogP contribution is -2.04. The van der Waals surface area contributed by atoms with E-state index >= 15 is 0 Å². The maximum Gasteiger partial charge on any atom is 0.0576 e. The highest BCUT2D eigenvalue weighted by Crippen LogP contribution is 2.26. The fourth-order valence-corrected chi connectivity index (χ4v) is 7.88. The van der Waals surface area contributed by atoms with Crippen molar-refractivity contribution < 1.29 is 4.74 Å². The number of thioether (sulfide) groups is 1. The molecule has 1 unspecified atom stereocenters. The topological polar surface area (TPSA) is 9.23 Å². The van der Waals surface area contributed by atoms with Crippen LogP contribution in [0.5, 0.6) is 0 Å². The van der Waals surface area contributed by atoms with E-state index in [1.807, 2.05) is 0 Å². The summed E-state index contributed by atoms with van der Waals surface area (Å²) in [7, 11) is 0. The Kier molecular flexibility index (Phi) is 30.9. The largest absolute Gasteiger partial charge is 0.378 e. The minimum absolute atomic E-state index is 0.607. The molecule has 0 aliphatic carbocycles. The molecule has 0 aromatic carbocycles. The predicted octanol–water partition coefficient (Wildman–Crippen LogP) is 14.0. The lowest BCUT2D eigenvalue weighted by molar-refractivity contribution is 0.102. The first-order valence-electron chi connectivity index (χ1n) is 19.1. The number of rotatable bonds is 33. The van der Waals surface area contributed by atoms with Gasteiger partial charge >= 0.3 is 0 Å². The molecule has 240 valence electrons. The molecule has 0 amide bonds. The molecule has 0 aromatic rings. The fourth-order valence-electron chi connectivity index (χ4n) is 6.51. The van der Waals surface area contributed by atoms with Crippen LogP contribution in [0.25, 0.3) is 0 Å². The molecule has 0 aromatic heterocycles. The van der Waals surface area contributed by atoms with Gasteiger partial charge < -0.3 is 4.74 Å². The van der Waals surface area contributed by atoms with Crippen LogP contribution in [0.3, 0.4) is 0 Å². The lowest BCUT2D eigenvalue weighted by atomic mass is 10.0. The van der Waals surface area contributed by atoms with Gasteiger partial charge in [-0.3, -0.25) is 0 Å². The summed E-state index contributed by atoms with van der Waals surface area (Å²) in [6.45, 7) is 5.66. The van der Waals surface area contributed by atoms with Crippen LogP contribution in [-0.4, -0.2) is 23.7 Å². The molecule has 1 fully saturated rings. The number of hydrogen-bond donors (Lipinski definition) is 0. The van der Waals surface area contributed by atoms with Gasteiger partial charge in [0.15, 0.2) is 0 Å². The molecule has 0 radical (unpaired) electrons. The highest BCUT2D eigenvalue weighted by atomic mass is 32.2. The fraction of sp³-hybridized carbons (Fsp3) is 1.00. The number of hydrogen-bond acceptors (Lipinski definition) is 2. The van der Waals surface area contributed by atoms with Crippen LogP contribution >= 0.6 is 11.8 Å². The molecular formula is C38H76OS. The Balaban J connectivity index is 1.92. The average molecular weight is 581 g/mol. The third kappa shape index (κ3) is 27.2. The minimum Gasteiger partial charge on any atom is -0.378 e. The molecule has 0 spiro atoms. The van der Waals surface area contributed by atoms with Crippen LogP contribution in [-0.2, 0) is 4.74 Å². The predicted molar refractivity (Wildman–Crippen MR) is 185 cm³/mol. The van der Waals surface area contributed by atoms with Crippen LogP contribution in [0, 0.1) is 0 Å². The SMILES string of the molecule is CCCCCCCCCC(CCCCCCCCC)SCCCCCCCCCCCCCCCC1CCCO1. The maximum atomic E-state index is 5.74. The van der Waals surface area contributed by atoms with Crippen molar-refractivity contribution in [2.75, 3.05) is 12.4 Å². The molecule has 1 atom stereocenters. The van der Waals surface area contributed by atoms with E-state index in [1.54, 1.807) is 0 Å². The molecule has 0 N–H and O–H groups in total. The van der Waals surface area contributed by atoms with Crippen molar-refractivity contribution in [2.45, 2.75) is 231 Å². The van der Waals surface area contributed by atoms with Crippen LogP contribution in [0.15, 0.2) is 0 Å². The molecule has 40 heavy (non-hydrogen) atoms. The molecular weight excluding hydrogens is 504 g/mol. The second-order valence-electron chi connectivity index (χ2n) is 13.3. The Morgan fingerprint density at radius 3 is 1.32 bits per heavy atom. The molecule has 1 saturated heterocycles. The highest BCUT2D eigenvalue weighted by Gasteiger charge is 2.14. The van der Waals surface area contributed by atoms with Gasteiger partial charge in [-0.25, -0.2) is 0 Å². The van der Waals surface area contributed by atoms with E-state index in [4.69, 9.17) is 4.74 Å². The van der Waals surface area contributed by atoms with Gasteiger partial charge in [0.25, 0.3) is 0 Å². The Morgan fingerprint density at radius 1 is 0.500 bits per heavy atom. The van der Waals surface area contributed by atoms with Gasteiger partial charge in [0.2, 0.25) is 0 Å². The summed E-state index contributed by atoms with van der Waals surface area (Å²) >= 11 is 2.35. The van der Waals surface area contributed by atoms with E-state index in [1.165, 1.54) is 211 Å². The standard InChI is InChI=1S/C38H76OS/c1-3-5-7-9-18-23-27-33-38(34-28-24-19-10-8-6-4-2)40-36-29-25-21-17-15-13-11-12-14-16-20-22-26-31-37-32-30-35-39-37/h37-38H,3-36H2,1-2H3. The zero-order valence-corrected chi connectivity index (χ0v) is 28.8. The second kappa shape index (κ2) is 32.2. The van der Waals surface area contributed by atoms with E-state index in [2.05, 4.69) is 25.6 Å². The molecule has 1 rings (SSSR count). The number of ether oxygens (including phenoxy) is 1. The van der Waals surface area contributed by atoms with Crippen molar-refractivity contribution in [1.82, 2.24) is 0 Å². The normalized spacial score (nSPS) is 15.5. The molecule has 0 saturated carbocycles. The van der Waals surface area contributed by atoms with Gasteiger partial charge in [-0.1, -0.05) is 181 Å². The summed E-state index contributed by atoms with van der Waals surface area (Å²) in [4.78, 5) is 0. The van der Waals surface area contributed by atoms with E-state index < -0.39 is 0 Å². The summed E-state index contributed by atoms with van der Waals surface area (Å²) in [5.74, 6) is 1.42. The van der Waals surface area contributed by atoms with Crippen molar-refractivity contribution in [3.8, 4) is 0 Å². The summed E-state index contributed by atoms with van der Waals surface area (Å²) in [6, 6.07) is 0. The Bertz CT molecular complexity index is 442. The molecule has 1 aliphatic rings. The van der Waals surface area contributed by atoms with Crippen molar-refractivity contribution in [3.05, 3.63) is 0 Å². The Morgan fingerprint density at radius 2 is 0.900 bits per heavy atom. The minimum atomic E-state index is 0.607. The second-order valence-corrected chi connectivity index (χ2v) is 14.7. The van der Waals surface area contributed by atoms with Gasteiger partial charge in [0.1, 0.15) is 0 Å². The van der Waals surface area contributed by atoms with E-state index in [9.17, 15) is 0 Å². The Hall–Kier alpha value is 0.310. The molecule has 1 nitrogen and oxygen atoms in total. The van der Waals surface area contributed by atoms with E-state index in [-0.39, 0.29) is 0 Å². The van der Waals surface area contributed by atoms with Crippen molar-refractivity contribution in [2.24, 2.45) is 0 Å². The van der Waals surface area contributed by atoms with Crippen molar-refractivity contribution in [1.29, 1.82) is 0 Å². The van der Waals surface area contributed by atoms with Gasteiger partial charge in [0, 0.05) is 11.9 Å². The van der Waals surface area contributed by atoms with Crippen LogP contribution in [0.4, 0.5) is 0 Å². The van der Waals surface area contributed by atoms with Crippen molar-refractivity contribution in [3.63, 3.8) is 0 Å². The molecule has 0 bridgehead atoms. The van der Waals surface area contributed by atoms with E-state index in [0.29, 0.717) is 6.10 Å². The molecule has 2 heteroatoms. The first-order chi connectivity index (χ1) is 19.9. The molecule has 1 heterocycles. The maximum absolute atomic E-state index is 5.74. The summed E-state index contributed by atoms with van der Waals surface area (Å²) < 4.78 is 5.74. The summed E-state index contributed by atoms with van der Waals surface area (Å²) in [5, 5.41) is 0.951. The summed E-state index contributed by atoms with van der Waals surface area (Å²) in [6.07, 6.45) is 46.9. The molecule has 1 aliphatic heterocycles. The highest BCUT2D eigenvalue weighted by molar-refractivity contribution is 7.99. The first-order valence-corrected chi connectivity index (χ1v) is 20.1. The van der Waals surface area contributed by atoms with Crippen LogP contribution in [0.2, 0.25) is 0 Å². The third-order valence-corrected chi connectivity index (χ3v) is 10.8. The van der Waals surface area contributed by atoms with E-state index in [0.717, 1.165) is 11.9 Å².